The lowest BCUT2D eigenvalue weighted by Crippen LogP contribution is -2.26. The molecule has 3 heteroatoms. The maximum atomic E-state index is 4.41. The molecule has 1 aromatic heterocycles. The topological polar surface area (TPSA) is 28.5 Å². The lowest BCUT2D eigenvalue weighted by molar-refractivity contribution is 0.792. The van der Waals surface area contributed by atoms with Crippen LogP contribution in [-0.2, 0) is 0 Å². The number of aliphatic imine (C=N–C) groups is 1. The Morgan fingerprint density at radius 2 is 2.36 bits per heavy atom. The smallest absolute Gasteiger partial charge is 0.131 e. The molecular formula is C11H15N3. The second-order valence-electron chi connectivity index (χ2n) is 3.53. The minimum atomic E-state index is 0.887. The average molecular weight is 189 g/mol. The fourth-order valence-corrected chi connectivity index (χ4v) is 1.69. The molecule has 0 saturated heterocycles. The van der Waals surface area contributed by atoms with Gasteiger partial charge in [-0.1, -0.05) is 6.07 Å². The van der Waals surface area contributed by atoms with Gasteiger partial charge in [-0.15, -0.1) is 0 Å². The number of pyridine rings is 1. The van der Waals surface area contributed by atoms with Crippen molar-refractivity contribution in [2.45, 2.75) is 13.3 Å². The highest BCUT2D eigenvalue weighted by Gasteiger charge is 2.09. The van der Waals surface area contributed by atoms with Crippen LogP contribution in [-0.4, -0.2) is 30.8 Å². The van der Waals surface area contributed by atoms with Crippen LogP contribution in [0.15, 0.2) is 23.3 Å². The van der Waals surface area contributed by atoms with E-state index in [1.807, 2.05) is 18.5 Å². The van der Waals surface area contributed by atoms with Gasteiger partial charge in [-0.25, -0.2) is 4.98 Å². The van der Waals surface area contributed by atoms with Crippen LogP contribution in [0.5, 0.6) is 0 Å². The first kappa shape index (κ1) is 9.19. The number of anilines is 1. The Bertz CT molecular complexity index is 333. The normalized spacial score (nSPS) is 16.8. The van der Waals surface area contributed by atoms with E-state index < -0.39 is 0 Å². The molecule has 0 amide bonds. The minimum Gasteiger partial charge on any atom is -0.351 e. The van der Waals surface area contributed by atoms with Gasteiger partial charge in [0, 0.05) is 25.5 Å². The molecule has 0 bridgehead atoms. The quantitative estimate of drug-likeness (QED) is 0.672. The maximum Gasteiger partial charge on any atom is 0.131 e. The zero-order valence-corrected chi connectivity index (χ0v) is 8.48. The zero-order valence-electron chi connectivity index (χ0n) is 8.48. The van der Waals surface area contributed by atoms with E-state index in [0.717, 1.165) is 31.9 Å². The highest BCUT2D eigenvalue weighted by Crippen LogP contribution is 2.16. The molecule has 1 aliphatic heterocycles. The van der Waals surface area contributed by atoms with E-state index in [1.54, 1.807) is 0 Å². The van der Waals surface area contributed by atoms with Gasteiger partial charge in [0.2, 0.25) is 0 Å². The van der Waals surface area contributed by atoms with Gasteiger partial charge < -0.3 is 4.90 Å². The van der Waals surface area contributed by atoms with E-state index >= 15 is 0 Å². The maximum absolute atomic E-state index is 4.41. The molecule has 0 N–H and O–H groups in total. The van der Waals surface area contributed by atoms with E-state index in [2.05, 4.69) is 27.9 Å². The first-order valence-corrected chi connectivity index (χ1v) is 5.03. The summed E-state index contributed by atoms with van der Waals surface area (Å²) in [4.78, 5) is 11.0. The van der Waals surface area contributed by atoms with Crippen LogP contribution < -0.4 is 4.90 Å². The van der Waals surface area contributed by atoms with Crippen LogP contribution in [0.2, 0.25) is 0 Å². The van der Waals surface area contributed by atoms with E-state index in [1.165, 1.54) is 5.56 Å². The molecule has 2 rings (SSSR count). The van der Waals surface area contributed by atoms with Gasteiger partial charge in [0.15, 0.2) is 0 Å². The van der Waals surface area contributed by atoms with Crippen LogP contribution in [0.1, 0.15) is 12.0 Å². The molecule has 0 aromatic carbocycles. The summed E-state index contributed by atoms with van der Waals surface area (Å²) in [6.45, 7) is 4.99. The summed E-state index contributed by atoms with van der Waals surface area (Å²) in [5.74, 6) is 1.10. The van der Waals surface area contributed by atoms with Gasteiger partial charge in [0.25, 0.3) is 0 Å². The van der Waals surface area contributed by atoms with Crippen LogP contribution in [0.25, 0.3) is 0 Å². The summed E-state index contributed by atoms with van der Waals surface area (Å²) >= 11 is 0. The van der Waals surface area contributed by atoms with Crippen molar-refractivity contribution in [3.63, 3.8) is 0 Å². The van der Waals surface area contributed by atoms with Gasteiger partial charge in [-0.2, -0.15) is 0 Å². The lowest BCUT2D eigenvalue weighted by Gasteiger charge is -2.21. The SMILES string of the molecule is Cc1cccnc1N1CC=NCCC1. The van der Waals surface area contributed by atoms with E-state index in [4.69, 9.17) is 0 Å². The van der Waals surface area contributed by atoms with E-state index in [9.17, 15) is 0 Å². The molecule has 3 nitrogen and oxygen atoms in total. The van der Waals surface area contributed by atoms with Crippen molar-refractivity contribution in [1.29, 1.82) is 0 Å². The van der Waals surface area contributed by atoms with E-state index in [0.29, 0.717) is 0 Å². The van der Waals surface area contributed by atoms with Crippen LogP contribution >= 0.6 is 0 Å². The first-order valence-electron chi connectivity index (χ1n) is 5.03. The van der Waals surface area contributed by atoms with Crippen molar-refractivity contribution in [3.8, 4) is 0 Å². The minimum absolute atomic E-state index is 0.887. The van der Waals surface area contributed by atoms with Gasteiger partial charge in [0.05, 0.1) is 6.54 Å². The van der Waals surface area contributed by atoms with Crippen LogP contribution in [0.3, 0.4) is 0 Å². The summed E-state index contributed by atoms with van der Waals surface area (Å²) in [5.41, 5.74) is 1.24. The molecule has 14 heavy (non-hydrogen) atoms. The summed E-state index contributed by atoms with van der Waals surface area (Å²) in [6, 6.07) is 4.08. The predicted octanol–water partition coefficient (Wildman–Crippen LogP) is 1.67. The summed E-state index contributed by atoms with van der Waals surface area (Å²) in [6.07, 6.45) is 4.96. The monoisotopic (exact) mass is 189 g/mol. The van der Waals surface area contributed by atoms with Gasteiger partial charge >= 0.3 is 0 Å². The number of aryl methyl sites for hydroxylation is 1. The molecule has 74 valence electrons. The molecule has 0 fully saturated rings. The van der Waals surface area contributed by atoms with Gasteiger partial charge in [0.1, 0.15) is 5.82 Å². The zero-order chi connectivity index (χ0) is 9.80. The Morgan fingerprint density at radius 3 is 3.21 bits per heavy atom. The van der Waals surface area contributed by atoms with E-state index in [-0.39, 0.29) is 0 Å². The van der Waals surface area contributed by atoms with Crippen molar-refractivity contribution >= 4 is 12.0 Å². The van der Waals surface area contributed by atoms with Crippen molar-refractivity contribution in [2.75, 3.05) is 24.5 Å². The Labute approximate surface area is 84.5 Å². The van der Waals surface area contributed by atoms with Crippen molar-refractivity contribution < 1.29 is 0 Å². The molecule has 0 spiro atoms. The predicted molar refractivity (Wildman–Crippen MR) is 59.2 cm³/mol. The van der Waals surface area contributed by atoms with Gasteiger partial charge in [-0.3, -0.25) is 4.99 Å². The second kappa shape index (κ2) is 4.22. The molecule has 2 heterocycles. The molecule has 0 unspecified atom stereocenters. The number of rotatable bonds is 1. The number of nitrogens with zero attached hydrogens (tertiary/aromatic N) is 3. The Morgan fingerprint density at radius 1 is 1.43 bits per heavy atom. The van der Waals surface area contributed by atoms with Crippen molar-refractivity contribution in [1.82, 2.24) is 4.98 Å². The number of aromatic nitrogens is 1. The average Bonchev–Trinajstić information content (AvgIpc) is 2.47. The molecule has 1 aromatic rings. The Balaban J connectivity index is 2.21. The third-order valence-corrected chi connectivity index (χ3v) is 2.43. The summed E-state index contributed by atoms with van der Waals surface area (Å²) in [7, 11) is 0. The molecular weight excluding hydrogens is 174 g/mol. The third kappa shape index (κ3) is 1.92. The molecule has 0 atom stereocenters. The van der Waals surface area contributed by atoms with Crippen molar-refractivity contribution in [3.05, 3.63) is 23.9 Å². The number of hydrogen-bond acceptors (Lipinski definition) is 3. The highest BCUT2D eigenvalue weighted by molar-refractivity contribution is 5.66. The molecule has 0 saturated carbocycles. The van der Waals surface area contributed by atoms with Crippen LogP contribution in [0.4, 0.5) is 5.82 Å². The highest BCUT2D eigenvalue weighted by atomic mass is 15.2. The first-order chi connectivity index (χ1) is 6.88. The standard InChI is InChI=1S/C11H15N3/c1-10-4-2-6-13-11(10)14-8-3-5-12-7-9-14/h2,4,6-7H,3,5,8-9H2,1H3. The number of hydrogen-bond donors (Lipinski definition) is 0. The van der Waals surface area contributed by atoms with Crippen LogP contribution in [0, 0.1) is 6.92 Å². The fraction of sp³-hybridized carbons (Fsp3) is 0.455. The third-order valence-electron chi connectivity index (χ3n) is 2.43. The summed E-state index contributed by atoms with van der Waals surface area (Å²) in [5, 5.41) is 0. The Kier molecular flexibility index (Phi) is 2.77. The summed E-state index contributed by atoms with van der Waals surface area (Å²) < 4.78 is 0. The molecule has 0 radical (unpaired) electrons. The fourth-order valence-electron chi connectivity index (χ4n) is 1.69. The molecule has 0 aliphatic carbocycles. The van der Waals surface area contributed by atoms with Gasteiger partial charge in [-0.05, 0) is 25.0 Å². The lowest BCUT2D eigenvalue weighted by atomic mass is 10.2. The largest absolute Gasteiger partial charge is 0.351 e. The van der Waals surface area contributed by atoms with Crippen molar-refractivity contribution in [2.24, 2.45) is 4.99 Å². The molecule has 1 aliphatic rings. The Hall–Kier alpha value is -1.38. The second-order valence-corrected chi connectivity index (χ2v) is 3.53.